The number of hydrogen-bond donors (Lipinski definition) is 2. The fourth-order valence-electron chi connectivity index (χ4n) is 2.39. The average Bonchev–Trinajstić information content (AvgIpc) is 3.13. The number of nitrogens with zero attached hydrogens (tertiary/aromatic N) is 2. The van der Waals surface area contributed by atoms with Crippen molar-refractivity contribution in [1.82, 2.24) is 10.3 Å². The first kappa shape index (κ1) is 16.6. The lowest BCUT2D eigenvalue weighted by molar-refractivity contribution is -0.116. The maximum Gasteiger partial charge on any atom is 0.269 e. The Kier molecular flexibility index (Phi) is 5.36. The van der Waals surface area contributed by atoms with Gasteiger partial charge in [0.25, 0.3) is 5.91 Å². The maximum atomic E-state index is 12.1. The summed E-state index contributed by atoms with van der Waals surface area (Å²) in [5.74, 6) is -0.0482. The monoisotopic (exact) mass is 338 g/mol. The molecule has 2 amide bonds. The molecule has 3 rings (SSSR count). The van der Waals surface area contributed by atoms with E-state index in [1.54, 1.807) is 24.4 Å². The molecule has 1 aromatic heterocycles. The van der Waals surface area contributed by atoms with Crippen LogP contribution in [0.15, 0.2) is 59.9 Å². The summed E-state index contributed by atoms with van der Waals surface area (Å²) in [5.41, 5.74) is 1.31. The molecule has 0 spiro atoms. The van der Waals surface area contributed by atoms with Crippen LogP contribution in [-0.4, -0.2) is 29.1 Å². The zero-order chi connectivity index (χ0) is 17.5. The summed E-state index contributed by atoms with van der Waals surface area (Å²) in [4.78, 5) is 33.2. The lowest BCUT2D eigenvalue weighted by atomic mass is 10.0. The van der Waals surface area contributed by atoms with Crippen molar-refractivity contribution < 1.29 is 14.4 Å². The van der Waals surface area contributed by atoms with Gasteiger partial charge in [-0.25, -0.2) is 4.98 Å². The van der Waals surface area contributed by atoms with Gasteiger partial charge < -0.3 is 15.5 Å². The van der Waals surface area contributed by atoms with Crippen molar-refractivity contribution in [3.63, 3.8) is 0 Å². The van der Waals surface area contributed by atoms with Gasteiger partial charge in [0.15, 0.2) is 6.10 Å². The molecule has 25 heavy (non-hydrogen) atoms. The number of amides is 2. The Balaban J connectivity index is 1.40. The fourth-order valence-corrected chi connectivity index (χ4v) is 2.39. The van der Waals surface area contributed by atoms with Crippen LogP contribution < -0.4 is 10.6 Å². The molecular weight excluding hydrogens is 320 g/mol. The normalized spacial score (nSPS) is 15.8. The molecule has 1 aromatic carbocycles. The molecule has 7 heteroatoms. The Bertz CT molecular complexity index is 762. The number of nitrogens with one attached hydrogen (secondary N) is 2. The molecule has 2 heterocycles. The van der Waals surface area contributed by atoms with Gasteiger partial charge in [0.05, 0.1) is 0 Å². The predicted molar refractivity (Wildman–Crippen MR) is 92.8 cm³/mol. The molecule has 1 aliphatic heterocycles. The maximum absolute atomic E-state index is 12.1. The molecule has 0 fully saturated rings. The fraction of sp³-hybridized carbons (Fsp3) is 0.222. The van der Waals surface area contributed by atoms with E-state index < -0.39 is 0 Å². The lowest BCUT2D eigenvalue weighted by Gasteiger charge is -2.07. The number of oxime groups is 1. The highest BCUT2D eigenvalue weighted by molar-refractivity contribution is 6.39. The van der Waals surface area contributed by atoms with E-state index in [1.165, 1.54) is 0 Å². The summed E-state index contributed by atoms with van der Waals surface area (Å²) in [6.07, 6.45) is 1.92. The first-order valence-corrected chi connectivity index (χ1v) is 7.99. The van der Waals surface area contributed by atoms with Gasteiger partial charge in [0.2, 0.25) is 5.91 Å². The summed E-state index contributed by atoms with van der Waals surface area (Å²) >= 11 is 0. The first-order valence-electron chi connectivity index (χ1n) is 7.99. The largest absolute Gasteiger partial charge is 0.387 e. The number of carbonyl (C=O) groups excluding carboxylic acids is 2. The number of anilines is 1. The number of benzene rings is 1. The van der Waals surface area contributed by atoms with Gasteiger partial charge in [-0.2, -0.15) is 0 Å². The molecular formula is C18H18N4O3. The highest BCUT2D eigenvalue weighted by Gasteiger charge is 2.27. The van der Waals surface area contributed by atoms with Gasteiger partial charge in [-0.1, -0.05) is 41.6 Å². The van der Waals surface area contributed by atoms with E-state index in [4.69, 9.17) is 4.84 Å². The highest BCUT2D eigenvalue weighted by atomic mass is 16.6. The molecule has 0 radical (unpaired) electrons. The summed E-state index contributed by atoms with van der Waals surface area (Å²) in [6.45, 7) is 0.215. The second kappa shape index (κ2) is 8.05. The van der Waals surface area contributed by atoms with E-state index in [-0.39, 0.29) is 30.9 Å². The second-order valence-corrected chi connectivity index (χ2v) is 5.52. The Morgan fingerprint density at radius 1 is 1.12 bits per heavy atom. The third-order valence-electron chi connectivity index (χ3n) is 3.67. The van der Waals surface area contributed by atoms with Gasteiger partial charge in [-0.15, -0.1) is 0 Å². The zero-order valence-electron chi connectivity index (χ0n) is 13.5. The van der Waals surface area contributed by atoms with Crippen LogP contribution >= 0.6 is 0 Å². The van der Waals surface area contributed by atoms with Crippen LogP contribution in [-0.2, 0) is 14.4 Å². The van der Waals surface area contributed by atoms with Crippen molar-refractivity contribution in [3.05, 3.63) is 60.3 Å². The van der Waals surface area contributed by atoms with Crippen LogP contribution in [0.25, 0.3) is 0 Å². The van der Waals surface area contributed by atoms with E-state index in [0.29, 0.717) is 18.0 Å². The van der Waals surface area contributed by atoms with E-state index >= 15 is 0 Å². The van der Waals surface area contributed by atoms with Crippen molar-refractivity contribution in [2.75, 3.05) is 11.9 Å². The van der Waals surface area contributed by atoms with Crippen LogP contribution in [0.2, 0.25) is 0 Å². The minimum absolute atomic E-state index is 0.151. The Morgan fingerprint density at radius 3 is 2.68 bits per heavy atom. The standard InChI is InChI=1S/C18H18N4O3/c23-17(21-16-8-4-5-10-19-16)9-11-20-18(24)14-12-15(25-22-14)13-6-2-1-3-7-13/h1-8,10,15H,9,11-12H2,(H,20,24)(H,19,21,23)/t15-/m0/s1. The van der Waals surface area contributed by atoms with Crippen molar-refractivity contribution in [2.45, 2.75) is 18.9 Å². The number of pyridine rings is 1. The van der Waals surface area contributed by atoms with Gasteiger partial charge in [-0.05, 0) is 17.7 Å². The van der Waals surface area contributed by atoms with E-state index in [1.807, 2.05) is 30.3 Å². The predicted octanol–water partition coefficient (Wildman–Crippen LogP) is 2.04. The van der Waals surface area contributed by atoms with Gasteiger partial charge in [-0.3, -0.25) is 9.59 Å². The minimum Gasteiger partial charge on any atom is -0.387 e. The zero-order valence-corrected chi connectivity index (χ0v) is 13.5. The number of rotatable bonds is 6. The van der Waals surface area contributed by atoms with Gasteiger partial charge in [0.1, 0.15) is 11.5 Å². The van der Waals surface area contributed by atoms with E-state index in [0.717, 1.165) is 5.56 Å². The highest BCUT2D eigenvalue weighted by Crippen LogP contribution is 2.26. The first-order chi connectivity index (χ1) is 12.2. The molecule has 0 saturated carbocycles. The molecule has 0 bridgehead atoms. The molecule has 2 aromatic rings. The van der Waals surface area contributed by atoms with Crippen molar-refractivity contribution >= 4 is 23.3 Å². The molecule has 1 atom stereocenters. The molecule has 128 valence electrons. The van der Waals surface area contributed by atoms with Gasteiger partial charge in [0, 0.05) is 25.6 Å². The Labute approximate surface area is 145 Å². The van der Waals surface area contributed by atoms with E-state index in [9.17, 15) is 9.59 Å². The van der Waals surface area contributed by atoms with Crippen LogP contribution in [0.3, 0.4) is 0 Å². The Hall–Kier alpha value is -3.22. The minimum atomic E-state index is -0.316. The molecule has 0 aliphatic carbocycles. The SMILES string of the molecule is O=C(CCNC(=O)C1=NO[C@H](c2ccccc2)C1)Nc1ccccn1. The number of hydrogen-bond acceptors (Lipinski definition) is 5. The second-order valence-electron chi connectivity index (χ2n) is 5.52. The lowest BCUT2D eigenvalue weighted by Crippen LogP contribution is -2.33. The summed E-state index contributed by atoms with van der Waals surface area (Å²) < 4.78 is 0. The Morgan fingerprint density at radius 2 is 1.92 bits per heavy atom. The van der Waals surface area contributed by atoms with Crippen LogP contribution in [0.1, 0.15) is 24.5 Å². The van der Waals surface area contributed by atoms with Crippen molar-refractivity contribution in [3.8, 4) is 0 Å². The third kappa shape index (κ3) is 4.63. The van der Waals surface area contributed by atoms with Crippen molar-refractivity contribution in [2.24, 2.45) is 5.16 Å². The quantitative estimate of drug-likeness (QED) is 0.843. The molecule has 0 unspecified atom stereocenters. The van der Waals surface area contributed by atoms with Crippen LogP contribution in [0, 0.1) is 0 Å². The molecule has 2 N–H and O–H groups in total. The summed E-state index contributed by atoms with van der Waals surface area (Å²) in [5, 5.41) is 9.19. The van der Waals surface area contributed by atoms with Crippen molar-refractivity contribution in [1.29, 1.82) is 0 Å². The van der Waals surface area contributed by atoms with Gasteiger partial charge >= 0.3 is 0 Å². The number of carbonyl (C=O) groups is 2. The third-order valence-corrected chi connectivity index (χ3v) is 3.67. The smallest absolute Gasteiger partial charge is 0.269 e. The molecule has 1 aliphatic rings. The topological polar surface area (TPSA) is 92.7 Å². The molecule has 7 nitrogen and oxygen atoms in total. The molecule has 0 saturated heterocycles. The van der Waals surface area contributed by atoms with Crippen LogP contribution in [0.5, 0.6) is 0 Å². The van der Waals surface area contributed by atoms with Crippen LogP contribution in [0.4, 0.5) is 5.82 Å². The summed E-state index contributed by atoms with van der Waals surface area (Å²) in [6, 6.07) is 14.9. The average molecular weight is 338 g/mol. The number of aromatic nitrogens is 1. The summed E-state index contributed by atoms with van der Waals surface area (Å²) in [7, 11) is 0. The van der Waals surface area contributed by atoms with E-state index in [2.05, 4.69) is 20.8 Å².